The molecule has 4 nitrogen and oxygen atoms in total. The number of thiophene rings is 1. The van der Waals surface area contributed by atoms with Crippen molar-refractivity contribution >= 4 is 29.3 Å². The second-order valence-electron chi connectivity index (χ2n) is 5.24. The molecular weight excluding hydrogens is 310 g/mol. The van der Waals surface area contributed by atoms with Crippen LogP contribution in [0.1, 0.15) is 21.4 Å². The Labute approximate surface area is 140 Å². The van der Waals surface area contributed by atoms with Crippen molar-refractivity contribution in [2.45, 2.75) is 13.0 Å². The maximum absolute atomic E-state index is 12.3. The summed E-state index contributed by atoms with van der Waals surface area (Å²) in [5.74, 6) is -0.815. The Morgan fingerprint density at radius 2 is 1.83 bits per heavy atom. The Morgan fingerprint density at radius 3 is 2.39 bits per heavy atom. The number of amides is 1. The predicted octanol–water partition coefficient (Wildman–Crippen LogP) is 3.44. The second kappa shape index (κ2) is 7.74. The van der Waals surface area contributed by atoms with Gasteiger partial charge in [-0.3, -0.25) is 4.79 Å². The summed E-state index contributed by atoms with van der Waals surface area (Å²) in [7, 11) is 3.27. The number of esters is 1. The highest BCUT2D eigenvalue weighted by Crippen LogP contribution is 2.21. The molecule has 1 heterocycles. The van der Waals surface area contributed by atoms with Crippen molar-refractivity contribution in [1.82, 2.24) is 4.90 Å². The van der Waals surface area contributed by atoms with Gasteiger partial charge in [-0.05, 0) is 25.1 Å². The van der Waals surface area contributed by atoms with E-state index in [1.807, 2.05) is 37.3 Å². The number of carbonyl (C=O) groups excluding carboxylic acids is 2. The lowest BCUT2D eigenvalue weighted by Gasteiger charge is -2.20. The van der Waals surface area contributed by atoms with E-state index in [0.29, 0.717) is 5.56 Å². The van der Waals surface area contributed by atoms with Crippen LogP contribution in [0.25, 0.3) is 6.08 Å². The molecule has 1 amide bonds. The third kappa shape index (κ3) is 4.79. The molecule has 120 valence electrons. The largest absolute Gasteiger partial charge is 0.444 e. The SMILES string of the molecule is Cc1ccc(/C=C/C(=O)O[C@H](C(=O)N(C)C)c2ccccc2)s1. The molecule has 1 atom stereocenters. The summed E-state index contributed by atoms with van der Waals surface area (Å²) in [4.78, 5) is 27.9. The fourth-order valence-electron chi connectivity index (χ4n) is 1.97. The molecular formula is C18H19NO3S. The molecule has 0 bridgehead atoms. The van der Waals surface area contributed by atoms with Crippen LogP contribution >= 0.6 is 11.3 Å². The Kier molecular flexibility index (Phi) is 5.71. The van der Waals surface area contributed by atoms with Gasteiger partial charge in [0.1, 0.15) is 0 Å². The summed E-state index contributed by atoms with van der Waals surface area (Å²) in [6, 6.07) is 12.9. The summed E-state index contributed by atoms with van der Waals surface area (Å²) in [6.07, 6.45) is 2.11. The number of rotatable bonds is 5. The standard InChI is InChI=1S/C18H19NO3S/c1-13-9-10-15(23-13)11-12-16(20)22-17(18(21)19(2)3)14-7-5-4-6-8-14/h4-12,17H,1-3H3/b12-11+/t17-/m0/s1. The van der Waals surface area contributed by atoms with Crippen molar-refractivity contribution in [3.05, 3.63) is 63.9 Å². The van der Waals surface area contributed by atoms with Gasteiger partial charge in [0, 0.05) is 35.5 Å². The number of carbonyl (C=O) groups is 2. The molecule has 1 aromatic heterocycles. The van der Waals surface area contributed by atoms with Gasteiger partial charge in [-0.15, -0.1) is 11.3 Å². The molecule has 0 aliphatic heterocycles. The van der Waals surface area contributed by atoms with Crippen molar-refractivity contribution in [3.63, 3.8) is 0 Å². The summed E-state index contributed by atoms with van der Waals surface area (Å²) < 4.78 is 5.38. The van der Waals surface area contributed by atoms with E-state index in [0.717, 1.165) is 4.88 Å². The van der Waals surface area contributed by atoms with Crippen LogP contribution in [-0.2, 0) is 14.3 Å². The van der Waals surface area contributed by atoms with Crippen molar-refractivity contribution in [2.24, 2.45) is 0 Å². The Bertz CT molecular complexity index is 704. The zero-order valence-corrected chi connectivity index (χ0v) is 14.2. The number of ether oxygens (including phenoxy) is 1. The number of hydrogen-bond acceptors (Lipinski definition) is 4. The molecule has 0 aliphatic carbocycles. The Balaban J connectivity index is 2.12. The summed E-state index contributed by atoms with van der Waals surface area (Å²) >= 11 is 1.59. The number of hydrogen-bond donors (Lipinski definition) is 0. The highest BCUT2D eigenvalue weighted by molar-refractivity contribution is 7.12. The third-order valence-electron chi connectivity index (χ3n) is 3.15. The minimum atomic E-state index is -0.937. The van der Waals surface area contributed by atoms with E-state index in [4.69, 9.17) is 4.74 Å². The molecule has 0 saturated heterocycles. The molecule has 0 saturated carbocycles. The second-order valence-corrected chi connectivity index (χ2v) is 6.56. The first kappa shape index (κ1) is 17.0. The van der Waals surface area contributed by atoms with Crippen LogP contribution in [0.2, 0.25) is 0 Å². The van der Waals surface area contributed by atoms with Crippen LogP contribution in [0, 0.1) is 6.92 Å². The topological polar surface area (TPSA) is 46.6 Å². The average molecular weight is 329 g/mol. The fraction of sp³-hybridized carbons (Fsp3) is 0.222. The Hall–Kier alpha value is -2.40. The summed E-state index contributed by atoms with van der Waals surface area (Å²) in [5, 5.41) is 0. The van der Waals surface area contributed by atoms with Crippen molar-refractivity contribution in [2.75, 3.05) is 14.1 Å². The van der Waals surface area contributed by atoms with Gasteiger partial charge in [0.2, 0.25) is 6.10 Å². The molecule has 0 fully saturated rings. The first-order valence-corrected chi connectivity index (χ1v) is 8.00. The van der Waals surface area contributed by atoms with E-state index in [1.165, 1.54) is 15.9 Å². The van der Waals surface area contributed by atoms with E-state index < -0.39 is 12.1 Å². The smallest absolute Gasteiger partial charge is 0.331 e. The van der Waals surface area contributed by atoms with Gasteiger partial charge in [0.25, 0.3) is 5.91 Å². The molecule has 0 unspecified atom stereocenters. The number of aryl methyl sites for hydroxylation is 1. The molecule has 2 rings (SSSR count). The number of nitrogens with zero attached hydrogens (tertiary/aromatic N) is 1. The van der Waals surface area contributed by atoms with E-state index in [1.54, 1.807) is 43.6 Å². The lowest BCUT2D eigenvalue weighted by atomic mass is 10.1. The van der Waals surface area contributed by atoms with Crippen LogP contribution in [0.15, 0.2) is 48.5 Å². The highest BCUT2D eigenvalue weighted by atomic mass is 32.1. The van der Waals surface area contributed by atoms with Crippen molar-refractivity contribution in [3.8, 4) is 0 Å². The normalized spacial score (nSPS) is 12.1. The van der Waals surface area contributed by atoms with E-state index in [9.17, 15) is 9.59 Å². The molecule has 0 N–H and O–H groups in total. The molecule has 23 heavy (non-hydrogen) atoms. The minimum Gasteiger partial charge on any atom is -0.444 e. The number of likely N-dealkylation sites (N-methyl/N-ethyl adjacent to an activating group) is 1. The molecule has 2 aromatic rings. The van der Waals surface area contributed by atoms with Crippen LogP contribution < -0.4 is 0 Å². The zero-order valence-electron chi connectivity index (χ0n) is 13.4. The van der Waals surface area contributed by atoms with E-state index in [-0.39, 0.29) is 5.91 Å². The summed E-state index contributed by atoms with van der Waals surface area (Å²) in [6.45, 7) is 2.00. The van der Waals surface area contributed by atoms with Crippen molar-refractivity contribution in [1.29, 1.82) is 0 Å². The lowest BCUT2D eigenvalue weighted by Crippen LogP contribution is -2.30. The fourth-order valence-corrected chi connectivity index (χ4v) is 2.75. The van der Waals surface area contributed by atoms with E-state index in [2.05, 4.69) is 0 Å². The van der Waals surface area contributed by atoms with Crippen LogP contribution in [-0.4, -0.2) is 30.9 Å². The molecule has 0 radical (unpaired) electrons. The maximum atomic E-state index is 12.3. The average Bonchev–Trinajstić information content (AvgIpc) is 2.96. The van der Waals surface area contributed by atoms with Gasteiger partial charge in [-0.25, -0.2) is 4.79 Å². The van der Waals surface area contributed by atoms with Crippen molar-refractivity contribution < 1.29 is 14.3 Å². The molecule has 0 spiro atoms. The minimum absolute atomic E-state index is 0.273. The molecule has 5 heteroatoms. The lowest BCUT2D eigenvalue weighted by molar-refractivity contribution is -0.155. The summed E-state index contributed by atoms with van der Waals surface area (Å²) in [5.41, 5.74) is 0.653. The van der Waals surface area contributed by atoms with E-state index >= 15 is 0 Å². The van der Waals surface area contributed by atoms with Crippen LogP contribution in [0.4, 0.5) is 0 Å². The van der Waals surface area contributed by atoms with Crippen LogP contribution in [0.3, 0.4) is 0 Å². The predicted molar refractivity (Wildman–Crippen MR) is 92.1 cm³/mol. The van der Waals surface area contributed by atoms with Gasteiger partial charge in [-0.1, -0.05) is 30.3 Å². The zero-order chi connectivity index (χ0) is 16.8. The molecule has 0 aliphatic rings. The molecule has 1 aromatic carbocycles. The van der Waals surface area contributed by atoms with Gasteiger partial charge >= 0.3 is 5.97 Å². The quantitative estimate of drug-likeness (QED) is 0.623. The Morgan fingerprint density at radius 1 is 1.13 bits per heavy atom. The first-order valence-electron chi connectivity index (χ1n) is 7.18. The third-order valence-corrected chi connectivity index (χ3v) is 4.11. The van der Waals surface area contributed by atoms with Crippen LogP contribution in [0.5, 0.6) is 0 Å². The van der Waals surface area contributed by atoms with Gasteiger partial charge in [0.05, 0.1) is 0 Å². The first-order chi connectivity index (χ1) is 11.0. The number of benzene rings is 1. The van der Waals surface area contributed by atoms with Gasteiger partial charge in [0.15, 0.2) is 0 Å². The maximum Gasteiger partial charge on any atom is 0.331 e. The van der Waals surface area contributed by atoms with Gasteiger partial charge in [-0.2, -0.15) is 0 Å². The highest BCUT2D eigenvalue weighted by Gasteiger charge is 2.25. The van der Waals surface area contributed by atoms with Gasteiger partial charge < -0.3 is 9.64 Å². The monoisotopic (exact) mass is 329 g/mol.